The van der Waals surface area contributed by atoms with E-state index in [2.05, 4.69) is 61.6 Å². The van der Waals surface area contributed by atoms with Crippen molar-refractivity contribution in [2.24, 2.45) is 0 Å². The smallest absolute Gasteiger partial charge is 0.0430 e. The van der Waals surface area contributed by atoms with Gasteiger partial charge < -0.3 is 10.2 Å². The van der Waals surface area contributed by atoms with Gasteiger partial charge in [-0.15, -0.1) is 0 Å². The Morgan fingerprint density at radius 2 is 1.72 bits per heavy atom. The summed E-state index contributed by atoms with van der Waals surface area (Å²) in [6.45, 7) is 3.07. The first-order chi connectivity index (χ1) is 8.65. The molecule has 0 saturated carbocycles. The summed E-state index contributed by atoms with van der Waals surface area (Å²) in [6, 6.07) is 16.8. The summed E-state index contributed by atoms with van der Waals surface area (Å²) in [6.07, 6.45) is 0. The van der Waals surface area contributed by atoms with Crippen molar-refractivity contribution >= 4 is 11.4 Å². The van der Waals surface area contributed by atoms with E-state index in [1.165, 1.54) is 16.8 Å². The maximum Gasteiger partial charge on any atom is 0.0430 e. The molecule has 0 aromatic heterocycles. The van der Waals surface area contributed by atoms with E-state index in [1.807, 2.05) is 18.2 Å². The highest BCUT2D eigenvalue weighted by molar-refractivity contribution is 5.63. The molecule has 0 unspecified atom stereocenters. The zero-order valence-electron chi connectivity index (χ0n) is 11.3. The molecule has 0 heterocycles. The van der Waals surface area contributed by atoms with Crippen molar-refractivity contribution in [1.29, 1.82) is 0 Å². The lowest BCUT2D eigenvalue weighted by Gasteiger charge is -2.16. The normalized spacial score (nSPS) is 10.7. The minimum absolute atomic E-state index is 0.941. The molecular formula is C16H20N2. The minimum atomic E-state index is 0.941. The third-order valence-electron chi connectivity index (χ3n) is 2.80. The molecule has 2 nitrogen and oxygen atoms in total. The van der Waals surface area contributed by atoms with Crippen molar-refractivity contribution in [3.8, 4) is 0 Å². The maximum absolute atomic E-state index is 3.48. The largest absolute Gasteiger partial charge is 0.355 e. The molecule has 18 heavy (non-hydrogen) atoms. The second-order valence-corrected chi connectivity index (χ2v) is 4.89. The summed E-state index contributed by atoms with van der Waals surface area (Å²) >= 11 is 0. The average Bonchev–Trinajstić information content (AvgIpc) is 2.33. The van der Waals surface area contributed by atoms with Crippen molar-refractivity contribution in [3.05, 3.63) is 59.7 Å². The first-order valence-electron chi connectivity index (χ1n) is 6.21. The lowest BCUT2D eigenvalue weighted by Crippen LogP contribution is -2.12. The van der Waals surface area contributed by atoms with Gasteiger partial charge in [-0.1, -0.05) is 35.9 Å². The summed E-state index contributed by atoms with van der Waals surface area (Å²) in [7, 11) is 4.18. The highest BCUT2D eigenvalue weighted by Gasteiger charge is 2.04. The van der Waals surface area contributed by atoms with E-state index >= 15 is 0 Å². The fraction of sp³-hybridized carbons (Fsp3) is 0.250. The Hall–Kier alpha value is -1.80. The number of anilines is 2. The average molecular weight is 240 g/mol. The van der Waals surface area contributed by atoms with Crippen LogP contribution in [0.1, 0.15) is 11.1 Å². The van der Waals surface area contributed by atoms with Gasteiger partial charge in [0.1, 0.15) is 0 Å². The Morgan fingerprint density at radius 1 is 1.00 bits per heavy atom. The quantitative estimate of drug-likeness (QED) is 0.874. The minimum Gasteiger partial charge on any atom is -0.355 e. The molecule has 2 heteroatoms. The van der Waals surface area contributed by atoms with Crippen LogP contribution in [-0.2, 0) is 6.54 Å². The third kappa shape index (κ3) is 3.34. The number of aryl methyl sites for hydroxylation is 1. The number of hydrogen-bond acceptors (Lipinski definition) is 2. The van der Waals surface area contributed by atoms with Gasteiger partial charge in [0, 0.05) is 17.9 Å². The van der Waals surface area contributed by atoms with Crippen LogP contribution in [0, 0.1) is 6.92 Å². The molecule has 0 aliphatic rings. The monoisotopic (exact) mass is 240 g/mol. The zero-order chi connectivity index (χ0) is 13.0. The number of nitrogens with zero attached hydrogens (tertiary/aromatic N) is 1. The Balaban J connectivity index is 2.26. The van der Waals surface area contributed by atoms with Crippen molar-refractivity contribution in [2.45, 2.75) is 13.5 Å². The van der Waals surface area contributed by atoms with Gasteiger partial charge in [-0.3, -0.25) is 0 Å². The van der Waals surface area contributed by atoms with Crippen LogP contribution in [0.15, 0.2) is 48.5 Å². The molecule has 0 amide bonds. The van der Waals surface area contributed by atoms with Crippen LogP contribution >= 0.6 is 0 Å². The van der Waals surface area contributed by atoms with Gasteiger partial charge in [0.15, 0.2) is 0 Å². The first-order valence-corrected chi connectivity index (χ1v) is 6.21. The van der Waals surface area contributed by atoms with Crippen LogP contribution in [0.5, 0.6) is 0 Å². The predicted molar refractivity (Wildman–Crippen MR) is 78.3 cm³/mol. The molecule has 0 saturated heterocycles. The molecule has 2 aromatic carbocycles. The second-order valence-electron chi connectivity index (χ2n) is 4.89. The van der Waals surface area contributed by atoms with Gasteiger partial charge in [-0.05, 0) is 44.8 Å². The topological polar surface area (TPSA) is 15.3 Å². The van der Waals surface area contributed by atoms with E-state index in [0.29, 0.717) is 0 Å². The highest BCUT2D eigenvalue weighted by atomic mass is 15.1. The summed E-state index contributed by atoms with van der Waals surface area (Å²) < 4.78 is 0. The predicted octanol–water partition coefficient (Wildman–Crippen LogP) is 3.80. The molecule has 0 atom stereocenters. The number of benzene rings is 2. The molecule has 94 valence electrons. The highest BCUT2D eigenvalue weighted by Crippen LogP contribution is 2.22. The van der Waals surface area contributed by atoms with Crippen LogP contribution in [0.2, 0.25) is 0 Å². The van der Waals surface area contributed by atoms with Crippen molar-refractivity contribution in [3.63, 3.8) is 0 Å². The Bertz CT molecular complexity index is 504. The van der Waals surface area contributed by atoms with Gasteiger partial charge in [0.25, 0.3) is 0 Å². The Labute approximate surface area is 109 Å². The van der Waals surface area contributed by atoms with Gasteiger partial charge in [-0.2, -0.15) is 0 Å². The lowest BCUT2D eigenvalue weighted by molar-refractivity contribution is 0.403. The molecule has 0 spiro atoms. The van der Waals surface area contributed by atoms with E-state index in [9.17, 15) is 0 Å². The summed E-state index contributed by atoms with van der Waals surface area (Å²) in [4.78, 5) is 2.19. The SMILES string of the molecule is Cc1ccc(Nc2ccccc2)c(CN(C)C)c1. The van der Waals surface area contributed by atoms with Crippen LogP contribution in [0.4, 0.5) is 11.4 Å². The van der Waals surface area contributed by atoms with E-state index in [1.54, 1.807) is 0 Å². The summed E-state index contributed by atoms with van der Waals surface area (Å²) in [5.41, 5.74) is 4.93. The molecule has 1 N–H and O–H groups in total. The molecule has 0 aliphatic heterocycles. The van der Waals surface area contributed by atoms with Crippen LogP contribution in [0.3, 0.4) is 0 Å². The van der Waals surface area contributed by atoms with Gasteiger partial charge in [0.2, 0.25) is 0 Å². The Kier molecular flexibility index (Phi) is 4.00. The molecular weight excluding hydrogens is 220 g/mol. The standard InChI is InChI=1S/C16H20N2/c1-13-9-10-16(14(11-13)12-18(2)3)17-15-7-5-4-6-8-15/h4-11,17H,12H2,1-3H3. The molecule has 2 aromatic rings. The van der Waals surface area contributed by atoms with Crippen molar-refractivity contribution in [1.82, 2.24) is 4.90 Å². The molecule has 0 bridgehead atoms. The number of para-hydroxylation sites is 1. The van der Waals surface area contributed by atoms with E-state index in [0.717, 1.165) is 12.2 Å². The molecule has 0 radical (unpaired) electrons. The number of rotatable bonds is 4. The first kappa shape index (κ1) is 12.7. The maximum atomic E-state index is 3.48. The molecule has 0 aliphatic carbocycles. The van der Waals surface area contributed by atoms with E-state index < -0.39 is 0 Å². The third-order valence-corrected chi connectivity index (χ3v) is 2.80. The van der Waals surface area contributed by atoms with Crippen molar-refractivity contribution < 1.29 is 0 Å². The summed E-state index contributed by atoms with van der Waals surface area (Å²) in [5.74, 6) is 0. The van der Waals surface area contributed by atoms with E-state index in [-0.39, 0.29) is 0 Å². The second kappa shape index (κ2) is 5.69. The van der Waals surface area contributed by atoms with E-state index in [4.69, 9.17) is 0 Å². The lowest BCUT2D eigenvalue weighted by atomic mass is 10.1. The zero-order valence-corrected chi connectivity index (χ0v) is 11.3. The van der Waals surface area contributed by atoms with Crippen LogP contribution in [0.25, 0.3) is 0 Å². The summed E-state index contributed by atoms with van der Waals surface area (Å²) in [5, 5.41) is 3.48. The fourth-order valence-electron chi connectivity index (χ4n) is 1.99. The number of nitrogens with one attached hydrogen (secondary N) is 1. The number of hydrogen-bond donors (Lipinski definition) is 1. The van der Waals surface area contributed by atoms with Crippen LogP contribution in [-0.4, -0.2) is 19.0 Å². The molecule has 0 fully saturated rings. The van der Waals surface area contributed by atoms with Crippen molar-refractivity contribution in [2.75, 3.05) is 19.4 Å². The van der Waals surface area contributed by atoms with Gasteiger partial charge in [-0.25, -0.2) is 0 Å². The molecule has 2 rings (SSSR count). The van der Waals surface area contributed by atoms with Gasteiger partial charge in [0.05, 0.1) is 0 Å². The fourth-order valence-corrected chi connectivity index (χ4v) is 1.99. The Morgan fingerprint density at radius 3 is 2.39 bits per heavy atom. The van der Waals surface area contributed by atoms with Crippen LogP contribution < -0.4 is 5.32 Å². The van der Waals surface area contributed by atoms with Gasteiger partial charge >= 0.3 is 0 Å².